The van der Waals surface area contributed by atoms with Gasteiger partial charge in [0.1, 0.15) is 0 Å². The Balaban J connectivity index is 0. The van der Waals surface area contributed by atoms with Gasteiger partial charge >= 0.3 is 12.1 Å². The molecule has 1 radical (unpaired) electrons. The summed E-state index contributed by atoms with van der Waals surface area (Å²) in [6.07, 6.45) is -9.30. The molecule has 0 spiro atoms. The van der Waals surface area contributed by atoms with Crippen LogP contribution in [0, 0.1) is 0 Å². The molecule has 0 amide bonds. The molecule has 0 N–H and O–H groups in total. The number of rotatable bonds is 1. The predicted octanol–water partition coefficient (Wildman–Crippen LogP) is 1.31. The number of hydrogen-bond acceptors (Lipinski definition) is 2. The minimum atomic E-state index is -5.40. The largest absolute Gasteiger partial charge is 0.430 e. The van der Waals surface area contributed by atoms with Crippen molar-refractivity contribution in [1.29, 1.82) is 0 Å². The summed E-state index contributed by atoms with van der Waals surface area (Å²) in [4.78, 5) is 11.5. The van der Waals surface area contributed by atoms with Crippen LogP contribution in [0.25, 0.3) is 0 Å². The predicted molar refractivity (Wildman–Crippen MR) is 18.2 cm³/mol. The van der Waals surface area contributed by atoms with Crippen LogP contribution in [0.3, 0.4) is 0 Å². The van der Waals surface area contributed by atoms with Gasteiger partial charge in [-0.2, -0.15) is 13.2 Å². The van der Waals surface area contributed by atoms with E-state index in [1.54, 1.807) is 0 Å². The van der Waals surface area contributed by atoms with Crippen molar-refractivity contribution in [1.82, 2.24) is 0 Å². The summed E-state index contributed by atoms with van der Waals surface area (Å²) in [6.45, 7) is 0. The van der Waals surface area contributed by atoms with Crippen molar-refractivity contribution in [2.24, 2.45) is 0 Å². The van der Waals surface area contributed by atoms with Crippen LogP contribution in [-0.2, 0) is 32.1 Å². The van der Waals surface area contributed by atoms with Gasteiger partial charge in [-0.15, -0.1) is 0 Å². The normalized spacial score (nSPS) is 13.2. The third-order valence-corrected chi connectivity index (χ3v) is 0.570. The van der Waals surface area contributed by atoms with Crippen LogP contribution < -0.4 is 0 Å². The molecule has 0 aliphatic carbocycles. The Morgan fingerprint density at radius 1 is 1.36 bits per heavy atom. The zero-order valence-corrected chi connectivity index (χ0v) is 6.07. The summed E-state index contributed by atoms with van der Waals surface area (Å²) in [5, 5.41) is 0. The number of halogens is 5. The Morgan fingerprint density at radius 3 is 1.82 bits per heavy atom. The van der Waals surface area contributed by atoms with Gasteiger partial charge in [-0.05, 0) is 0 Å². The van der Waals surface area contributed by atoms with Gasteiger partial charge in [0, 0.05) is 26.9 Å². The van der Waals surface area contributed by atoms with E-state index in [2.05, 4.69) is 0 Å². The van der Waals surface area contributed by atoms with Gasteiger partial charge in [0.25, 0.3) is 6.17 Å². The minimum Gasteiger partial charge on any atom is -0.251 e. The summed E-state index contributed by atoms with van der Waals surface area (Å²) in [5.41, 5.74) is 0. The van der Waals surface area contributed by atoms with E-state index in [4.69, 9.17) is 0 Å². The van der Waals surface area contributed by atoms with Gasteiger partial charge in [0.2, 0.25) is 0 Å². The fraction of sp³-hybridized carbons (Fsp3) is 0.667. The monoisotopic (exact) mass is 271 g/mol. The van der Waals surface area contributed by atoms with E-state index in [0.29, 0.717) is 0 Å². The van der Waals surface area contributed by atoms with Crippen LogP contribution in [0.4, 0.5) is 22.1 Å². The quantitative estimate of drug-likeness (QED) is 0.531. The van der Waals surface area contributed by atoms with Crippen LogP contribution in [-0.4, -0.2) is 18.3 Å². The van der Waals surface area contributed by atoms with E-state index in [1.807, 2.05) is 4.94 Å². The third kappa shape index (κ3) is 4.33. The molecule has 0 aromatic rings. The fourth-order valence-corrected chi connectivity index (χ4v) is 0.173. The molecule has 1 atom stereocenters. The number of hydrogen-bond donors (Lipinski definition) is 0. The van der Waals surface area contributed by atoms with Gasteiger partial charge in [-0.1, -0.05) is 0 Å². The van der Waals surface area contributed by atoms with Gasteiger partial charge in [-0.3, -0.25) is 4.94 Å². The first-order chi connectivity index (χ1) is 4.39. The first kappa shape index (κ1) is 13.5. The van der Waals surface area contributed by atoms with Gasteiger partial charge in [0.15, 0.2) is 0 Å². The van der Waals surface area contributed by atoms with E-state index in [0.717, 1.165) is 0 Å². The number of carbonyl (C=O) groups is 1. The SMILES string of the molecule is O=C(OF)C(F)C(F)(F)F.[Ag]. The molecule has 0 rings (SSSR count). The molecule has 2 nitrogen and oxygen atoms in total. The molecular formula is C3HAgF5O2. The second kappa shape index (κ2) is 4.68. The maximum atomic E-state index is 11.5. The molecule has 0 heterocycles. The minimum absolute atomic E-state index is 0. The number of alkyl halides is 4. The molecule has 8 heteroatoms. The molecule has 0 aromatic carbocycles. The molecule has 71 valence electrons. The Bertz CT molecular complexity index is 134. The smallest absolute Gasteiger partial charge is 0.251 e. The molecule has 0 saturated heterocycles. The maximum absolute atomic E-state index is 11.5. The molecule has 0 fully saturated rings. The second-order valence-corrected chi connectivity index (χ2v) is 1.30. The van der Waals surface area contributed by atoms with Crippen molar-refractivity contribution in [3.8, 4) is 0 Å². The first-order valence-electron chi connectivity index (χ1n) is 1.93. The summed E-state index contributed by atoms with van der Waals surface area (Å²) < 4.78 is 55.2. The summed E-state index contributed by atoms with van der Waals surface area (Å²) in [6, 6.07) is 0. The van der Waals surface area contributed by atoms with E-state index < -0.39 is 18.3 Å². The van der Waals surface area contributed by atoms with Crippen LogP contribution in [0.5, 0.6) is 0 Å². The average molecular weight is 272 g/mol. The van der Waals surface area contributed by atoms with E-state index in [9.17, 15) is 26.9 Å². The second-order valence-electron chi connectivity index (χ2n) is 1.30. The molecule has 0 saturated carbocycles. The average Bonchev–Trinajstić information content (AvgIpc) is 1.83. The van der Waals surface area contributed by atoms with Gasteiger partial charge in [-0.25, -0.2) is 9.18 Å². The van der Waals surface area contributed by atoms with Crippen molar-refractivity contribution in [3.05, 3.63) is 0 Å². The topological polar surface area (TPSA) is 26.3 Å². The van der Waals surface area contributed by atoms with Crippen LogP contribution in [0.15, 0.2) is 0 Å². The number of carbonyl (C=O) groups excluding carboxylic acids is 1. The first-order valence-corrected chi connectivity index (χ1v) is 1.93. The van der Waals surface area contributed by atoms with Crippen molar-refractivity contribution in [2.75, 3.05) is 0 Å². The molecule has 1 unspecified atom stereocenters. The van der Waals surface area contributed by atoms with Gasteiger partial charge in [0.05, 0.1) is 0 Å². The van der Waals surface area contributed by atoms with E-state index in [-0.39, 0.29) is 22.4 Å². The van der Waals surface area contributed by atoms with Crippen molar-refractivity contribution in [2.45, 2.75) is 12.3 Å². The Hall–Kier alpha value is -0.140. The Kier molecular flexibility index (Phi) is 5.72. The molecule has 0 aliphatic heterocycles. The summed E-state index contributed by atoms with van der Waals surface area (Å²) >= 11 is 0. The summed E-state index contributed by atoms with van der Waals surface area (Å²) in [7, 11) is 0. The van der Waals surface area contributed by atoms with E-state index >= 15 is 0 Å². The zero-order valence-electron chi connectivity index (χ0n) is 4.59. The zero-order chi connectivity index (χ0) is 8.36. The fourth-order valence-electron chi connectivity index (χ4n) is 0.173. The van der Waals surface area contributed by atoms with Crippen LogP contribution in [0.2, 0.25) is 0 Å². The molecular weight excluding hydrogens is 271 g/mol. The maximum Gasteiger partial charge on any atom is 0.430 e. The molecule has 11 heavy (non-hydrogen) atoms. The third-order valence-electron chi connectivity index (χ3n) is 0.570. The molecule has 0 aliphatic rings. The van der Waals surface area contributed by atoms with Crippen LogP contribution in [0.1, 0.15) is 0 Å². The standard InChI is InChI=1S/C3HF5O2.Ag/c4-1(2(9)10-8)3(5,6)7;/h1H;. The Morgan fingerprint density at radius 2 is 1.73 bits per heavy atom. The molecule has 0 aromatic heterocycles. The summed E-state index contributed by atoms with van der Waals surface area (Å²) in [5.74, 6) is -2.59. The van der Waals surface area contributed by atoms with Gasteiger partial charge < -0.3 is 0 Å². The van der Waals surface area contributed by atoms with Crippen molar-refractivity contribution >= 4 is 5.97 Å². The van der Waals surface area contributed by atoms with Crippen molar-refractivity contribution < 1.29 is 54.2 Å². The van der Waals surface area contributed by atoms with E-state index in [1.165, 1.54) is 0 Å². The Labute approximate surface area is 73.1 Å². The molecule has 0 bridgehead atoms. The van der Waals surface area contributed by atoms with Crippen LogP contribution >= 0.6 is 0 Å². The van der Waals surface area contributed by atoms with Crippen molar-refractivity contribution in [3.63, 3.8) is 0 Å².